The minimum Gasteiger partial charge on any atom is -0.491 e. The Bertz CT molecular complexity index is 488. The van der Waals surface area contributed by atoms with Crippen LogP contribution in [0.1, 0.15) is 27.7 Å². The highest BCUT2D eigenvalue weighted by Crippen LogP contribution is 2.37. The van der Waals surface area contributed by atoms with E-state index in [1.165, 1.54) is 0 Å². The number of benzene rings is 1. The molecule has 1 heterocycles. The van der Waals surface area contributed by atoms with Crippen molar-refractivity contribution in [2.24, 2.45) is 0 Å². The van der Waals surface area contributed by atoms with Gasteiger partial charge in [0, 0.05) is 17.6 Å². The summed E-state index contributed by atoms with van der Waals surface area (Å²) in [5, 5.41) is 0.604. The van der Waals surface area contributed by atoms with Crippen LogP contribution in [-0.4, -0.2) is 38.6 Å². The fraction of sp³-hybridized carbons (Fsp3) is 0.600. The molecule has 0 saturated carbocycles. The largest absolute Gasteiger partial charge is 0.496 e. The van der Waals surface area contributed by atoms with Crippen molar-refractivity contribution in [1.29, 1.82) is 0 Å². The van der Waals surface area contributed by atoms with Crippen LogP contribution >= 0.6 is 11.6 Å². The Morgan fingerprint density at radius 3 is 2.29 bits per heavy atom. The van der Waals surface area contributed by atoms with Crippen molar-refractivity contribution < 1.29 is 18.8 Å². The van der Waals surface area contributed by atoms with Crippen LogP contribution in [0, 0.1) is 0 Å². The molecule has 0 bridgehead atoms. The smallest absolute Gasteiger partial charge is 0.491 e. The topological polar surface area (TPSA) is 36.9 Å². The number of methoxy groups -OCH3 is 1. The molecule has 6 heteroatoms. The molecule has 1 fully saturated rings. The highest BCUT2D eigenvalue weighted by molar-refractivity contribution is 6.65. The molecule has 1 aromatic rings. The van der Waals surface area contributed by atoms with Gasteiger partial charge >= 0.3 is 7.12 Å². The van der Waals surface area contributed by atoms with Crippen molar-refractivity contribution in [2.45, 2.75) is 38.9 Å². The maximum Gasteiger partial charge on any atom is 0.496 e. The fourth-order valence-corrected chi connectivity index (χ4v) is 2.21. The van der Waals surface area contributed by atoms with Crippen LogP contribution in [-0.2, 0) is 14.0 Å². The molecule has 1 aliphatic heterocycles. The molecule has 2 rings (SSSR count). The Balaban J connectivity index is 2.18. The summed E-state index contributed by atoms with van der Waals surface area (Å²) in [5.41, 5.74) is -0.00724. The summed E-state index contributed by atoms with van der Waals surface area (Å²) in [6, 6.07) is 5.48. The summed E-state index contributed by atoms with van der Waals surface area (Å²) in [6.45, 7) is 9.08. The minimum atomic E-state index is -0.492. The first-order valence-corrected chi connectivity index (χ1v) is 7.41. The van der Waals surface area contributed by atoms with E-state index in [2.05, 4.69) is 0 Å². The van der Waals surface area contributed by atoms with Gasteiger partial charge in [-0.3, -0.25) is 0 Å². The van der Waals surface area contributed by atoms with Gasteiger partial charge in [-0.25, -0.2) is 0 Å². The molecule has 0 atom stereocenters. The number of ether oxygens (including phenoxy) is 2. The maximum absolute atomic E-state index is 6.28. The van der Waals surface area contributed by atoms with Crippen LogP contribution in [0.25, 0.3) is 0 Å². The van der Waals surface area contributed by atoms with Crippen molar-refractivity contribution in [3.8, 4) is 5.75 Å². The standard InChI is InChI=1S/C15H22BClO4/c1-14(2)15(3,4)21-16(20-14)12-10-11(6-7-13(12)17)19-9-8-18-5/h6-7,10H,8-9H2,1-5H3. The van der Waals surface area contributed by atoms with Crippen molar-refractivity contribution in [2.75, 3.05) is 20.3 Å². The van der Waals surface area contributed by atoms with Crippen LogP contribution in [0.2, 0.25) is 5.02 Å². The average Bonchev–Trinajstić information content (AvgIpc) is 2.60. The van der Waals surface area contributed by atoms with E-state index in [-0.39, 0.29) is 0 Å². The highest BCUT2D eigenvalue weighted by Gasteiger charge is 2.52. The Kier molecular flexibility index (Phi) is 4.88. The second kappa shape index (κ2) is 6.17. The maximum atomic E-state index is 6.28. The van der Waals surface area contributed by atoms with Crippen LogP contribution < -0.4 is 10.2 Å². The van der Waals surface area contributed by atoms with Gasteiger partial charge in [0.05, 0.1) is 17.8 Å². The molecule has 0 radical (unpaired) electrons. The zero-order chi connectivity index (χ0) is 15.7. The van der Waals surface area contributed by atoms with E-state index in [9.17, 15) is 0 Å². The molecule has 0 amide bonds. The van der Waals surface area contributed by atoms with E-state index in [1.54, 1.807) is 13.2 Å². The van der Waals surface area contributed by atoms with Gasteiger partial charge < -0.3 is 18.8 Å². The van der Waals surface area contributed by atoms with Crippen LogP contribution in [0.5, 0.6) is 5.75 Å². The fourth-order valence-electron chi connectivity index (χ4n) is 2.01. The lowest BCUT2D eigenvalue weighted by Gasteiger charge is -2.32. The van der Waals surface area contributed by atoms with Crippen molar-refractivity contribution >= 4 is 24.2 Å². The average molecular weight is 313 g/mol. The molecule has 0 aliphatic carbocycles. The van der Waals surface area contributed by atoms with Crippen LogP contribution in [0.15, 0.2) is 18.2 Å². The van der Waals surface area contributed by atoms with Crippen LogP contribution in [0.3, 0.4) is 0 Å². The Morgan fingerprint density at radius 1 is 1.10 bits per heavy atom. The zero-order valence-corrected chi connectivity index (χ0v) is 14.0. The quantitative estimate of drug-likeness (QED) is 0.619. The lowest BCUT2D eigenvalue weighted by molar-refractivity contribution is 0.00578. The van der Waals surface area contributed by atoms with Crippen LogP contribution in [0.4, 0.5) is 0 Å². The molecule has 0 unspecified atom stereocenters. The van der Waals surface area contributed by atoms with Gasteiger partial charge in [-0.15, -0.1) is 0 Å². The van der Waals surface area contributed by atoms with Crippen molar-refractivity contribution in [3.63, 3.8) is 0 Å². The minimum absolute atomic E-state index is 0.395. The van der Waals surface area contributed by atoms with E-state index in [4.69, 9.17) is 30.4 Å². The van der Waals surface area contributed by atoms with E-state index in [0.29, 0.717) is 18.2 Å². The predicted octanol–water partition coefficient (Wildman–Crippen LogP) is 2.66. The van der Waals surface area contributed by atoms with Gasteiger partial charge in [0.2, 0.25) is 0 Å². The van der Waals surface area contributed by atoms with Gasteiger partial charge in [0.1, 0.15) is 12.4 Å². The monoisotopic (exact) mass is 312 g/mol. The van der Waals surface area contributed by atoms with E-state index >= 15 is 0 Å². The summed E-state index contributed by atoms with van der Waals surface area (Å²) in [7, 11) is 1.15. The third kappa shape index (κ3) is 3.54. The van der Waals surface area contributed by atoms with E-state index < -0.39 is 18.3 Å². The normalized spacial score (nSPS) is 19.8. The zero-order valence-electron chi connectivity index (χ0n) is 13.2. The SMILES string of the molecule is COCCOc1ccc(Cl)c(B2OC(C)(C)C(C)(C)O2)c1. The predicted molar refractivity (Wildman–Crippen MR) is 84.5 cm³/mol. The second-order valence-corrected chi connectivity index (χ2v) is 6.52. The first-order valence-electron chi connectivity index (χ1n) is 7.04. The van der Waals surface area contributed by atoms with E-state index in [1.807, 2.05) is 39.8 Å². The molecule has 21 heavy (non-hydrogen) atoms. The van der Waals surface area contributed by atoms with Crippen molar-refractivity contribution in [1.82, 2.24) is 0 Å². The third-order valence-electron chi connectivity index (χ3n) is 4.03. The lowest BCUT2D eigenvalue weighted by Crippen LogP contribution is -2.41. The molecule has 1 aromatic carbocycles. The molecule has 0 aromatic heterocycles. The highest BCUT2D eigenvalue weighted by atomic mass is 35.5. The van der Waals surface area contributed by atoms with Gasteiger partial charge in [-0.2, -0.15) is 0 Å². The van der Waals surface area contributed by atoms with Crippen molar-refractivity contribution in [3.05, 3.63) is 23.2 Å². The second-order valence-electron chi connectivity index (χ2n) is 6.11. The summed E-state index contributed by atoms with van der Waals surface area (Å²) in [5.74, 6) is 0.723. The summed E-state index contributed by atoms with van der Waals surface area (Å²) in [6.07, 6.45) is 0. The number of hydrogen-bond acceptors (Lipinski definition) is 4. The number of halogens is 1. The molecule has 4 nitrogen and oxygen atoms in total. The molecule has 116 valence electrons. The Labute approximate surface area is 131 Å². The third-order valence-corrected chi connectivity index (χ3v) is 4.38. The van der Waals surface area contributed by atoms with Gasteiger partial charge in [-0.05, 0) is 45.9 Å². The molecule has 0 spiro atoms. The summed E-state index contributed by atoms with van der Waals surface area (Å²) >= 11 is 6.28. The first kappa shape index (κ1) is 16.6. The first-order chi connectivity index (χ1) is 9.77. The van der Waals surface area contributed by atoms with Gasteiger partial charge in [-0.1, -0.05) is 11.6 Å². The molecular weight excluding hydrogens is 290 g/mol. The van der Waals surface area contributed by atoms with Gasteiger partial charge in [0.15, 0.2) is 0 Å². The van der Waals surface area contributed by atoms with E-state index in [0.717, 1.165) is 11.2 Å². The Morgan fingerprint density at radius 2 is 1.71 bits per heavy atom. The molecule has 1 saturated heterocycles. The number of rotatable bonds is 5. The number of hydrogen-bond donors (Lipinski definition) is 0. The lowest BCUT2D eigenvalue weighted by atomic mass is 9.79. The Hall–Kier alpha value is -0.745. The summed E-state index contributed by atoms with van der Waals surface area (Å²) in [4.78, 5) is 0. The molecule has 0 N–H and O–H groups in total. The summed E-state index contributed by atoms with van der Waals surface area (Å²) < 4.78 is 22.6. The molecular formula is C15H22BClO4. The van der Waals surface area contributed by atoms with Gasteiger partial charge in [0.25, 0.3) is 0 Å². The molecule has 1 aliphatic rings.